The lowest BCUT2D eigenvalue weighted by molar-refractivity contribution is 0.533. The number of benzene rings is 1. The Kier molecular flexibility index (Phi) is 3.20. The van der Waals surface area contributed by atoms with Gasteiger partial charge in [-0.15, -0.1) is 0 Å². The molecular formula is C14H18FNO. The topological polar surface area (TPSA) is 39.2 Å². The third kappa shape index (κ3) is 2.20. The van der Waals surface area contributed by atoms with Gasteiger partial charge in [-0.3, -0.25) is 0 Å². The van der Waals surface area contributed by atoms with E-state index >= 15 is 0 Å². The number of aryl methyl sites for hydroxylation is 1. The predicted octanol–water partition coefficient (Wildman–Crippen LogP) is 3.54. The molecule has 0 aliphatic carbocycles. The molecule has 0 aliphatic rings. The zero-order valence-corrected chi connectivity index (χ0v) is 10.5. The first-order valence-electron chi connectivity index (χ1n) is 5.93. The van der Waals surface area contributed by atoms with Crippen LogP contribution in [0.4, 0.5) is 4.39 Å². The summed E-state index contributed by atoms with van der Waals surface area (Å²) in [6, 6.07) is 3.04. The second-order valence-electron chi connectivity index (χ2n) is 4.91. The van der Waals surface area contributed by atoms with Crippen molar-refractivity contribution in [1.29, 1.82) is 0 Å². The molecule has 92 valence electrons. The van der Waals surface area contributed by atoms with Gasteiger partial charge >= 0.3 is 0 Å². The van der Waals surface area contributed by atoms with Crippen molar-refractivity contribution in [3.63, 3.8) is 0 Å². The fourth-order valence-electron chi connectivity index (χ4n) is 2.22. The molecule has 17 heavy (non-hydrogen) atoms. The van der Waals surface area contributed by atoms with Crippen LogP contribution in [0.3, 0.4) is 0 Å². The number of nitrogens with two attached hydrogens (primary N) is 1. The number of hydrogen-bond donors (Lipinski definition) is 1. The highest BCUT2D eigenvalue weighted by molar-refractivity contribution is 5.85. The molecule has 0 unspecified atom stereocenters. The highest BCUT2D eigenvalue weighted by atomic mass is 19.1. The quantitative estimate of drug-likeness (QED) is 0.883. The Morgan fingerprint density at radius 2 is 2.06 bits per heavy atom. The molecule has 1 heterocycles. The van der Waals surface area contributed by atoms with Crippen molar-refractivity contribution in [3.8, 4) is 0 Å². The Labute approximate surface area is 101 Å². The van der Waals surface area contributed by atoms with E-state index in [1.54, 1.807) is 6.07 Å². The highest BCUT2D eigenvalue weighted by Crippen LogP contribution is 2.30. The summed E-state index contributed by atoms with van der Waals surface area (Å²) in [5.41, 5.74) is 8.34. The Bertz CT molecular complexity index is 543. The van der Waals surface area contributed by atoms with Crippen molar-refractivity contribution in [3.05, 3.63) is 34.8 Å². The zero-order valence-electron chi connectivity index (χ0n) is 10.5. The predicted molar refractivity (Wildman–Crippen MR) is 67.3 cm³/mol. The molecule has 0 bridgehead atoms. The summed E-state index contributed by atoms with van der Waals surface area (Å²) in [7, 11) is 0. The van der Waals surface area contributed by atoms with Crippen LogP contribution in [0.25, 0.3) is 11.0 Å². The second kappa shape index (κ2) is 4.49. The van der Waals surface area contributed by atoms with Gasteiger partial charge in [0.2, 0.25) is 0 Å². The normalized spacial score (nSPS) is 11.6. The minimum atomic E-state index is -0.218. The molecule has 2 N–H and O–H groups in total. The highest BCUT2D eigenvalue weighted by Gasteiger charge is 2.16. The summed E-state index contributed by atoms with van der Waals surface area (Å²) in [6.45, 7) is 6.47. The summed E-state index contributed by atoms with van der Waals surface area (Å²) >= 11 is 0. The van der Waals surface area contributed by atoms with Crippen molar-refractivity contribution in [1.82, 2.24) is 0 Å². The van der Waals surface area contributed by atoms with Gasteiger partial charge in [-0.05, 0) is 37.0 Å². The average molecular weight is 235 g/mol. The summed E-state index contributed by atoms with van der Waals surface area (Å²) in [5.74, 6) is 1.05. The molecule has 0 amide bonds. The van der Waals surface area contributed by atoms with E-state index in [-0.39, 0.29) is 5.82 Å². The maximum absolute atomic E-state index is 13.5. The van der Waals surface area contributed by atoms with Crippen LogP contribution in [0.5, 0.6) is 0 Å². The second-order valence-corrected chi connectivity index (χ2v) is 4.91. The third-order valence-electron chi connectivity index (χ3n) is 2.92. The van der Waals surface area contributed by atoms with Gasteiger partial charge in [-0.25, -0.2) is 4.39 Å². The van der Waals surface area contributed by atoms with Gasteiger partial charge in [0.15, 0.2) is 0 Å². The van der Waals surface area contributed by atoms with Crippen LogP contribution in [-0.2, 0) is 13.0 Å². The van der Waals surface area contributed by atoms with E-state index in [1.807, 2.05) is 6.92 Å². The Morgan fingerprint density at radius 3 is 2.65 bits per heavy atom. The molecule has 1 aromatic carbocycles. The standard InChI is InChI=1S/C14H18FNO/c1-8(2)4-11-12-6-10(15)5-9(3)14(12)17-13(11)7-16/h5-6,8H,4,7,16H2,1-3H3. The van der Waals surface area contributed by atoms with E-state index in [4.69, 9.17) is 10.2 Å². The summed E-state index contributed by atoms with van der Waals surface area (Å²) < 4.78 is 19.2. The van der Waals surface area contributed by atoms with E-state index in [2.05, 4.69) is 13.8 Å². The smallest absolute Gasteiger partial charge is 0.137 e. The Hall–Kier alpha value is -1.35. The lowest BCUT2D eigenvalue weighted by atomic mass is 9.99. The van der Waals surface area contributed by atoms with Gasteiger partial charge < -0.3 is 10.2 Å². The van der Waals surface area contributed by atoms with Gasteiger partial charge in [-0.2, -0.15) is 0 Å². The molecule has 0 saturated carbocycles. The molecule has 0 aliphatic heterocycles. The molecule has 1 aromatic heterocycles. The van der Waals surface area contributed by atoms with Crippen LogP contribution in [0, 0.1) is 18.7 Å². The molecule has 0 atom stereocenters. The zero-order chi connectivity index (χ0) is 12.6. The molecule has 2 rings (SSSR count). The van der Waals surface area contributed by atoms with Gasteiger partial charge in [0.1, 0.15) is 17.2 Å². The molecule has 2 aromatic rings. The minimum absolute atomic E-state index is 0.218. The van der Waals surface area contributed by atoms with E-state index in [9.17, 15) is 4.39 Å². The largest absolute Gasteiger partial charge is 0.459 e. The maximum atomic E-state index is 13.5. The molecule has 0 saturated heterocycles. The number of fused-ring (bicyclic) bond motifs is 1. The molecular weight excluding hydrogens is 217 g/mol. The van der Waals surface area contributed by atoms with Crippen molar-refractivity contribution in [2.45, 2.75) is 33.7 Å². The average Bonchev–Trinajstić information content (AvgIpc) is 2.56. The molecule has 0 radical (unpaired) electrons. The van der Waals surface area contributed by atoms with E-state index in [0.29, 0.717) is 12.5 Å². The molecule has 2 nitrogen and oxygen atoms in total. The molecule has 0 spiro atoms. The van der Waals surface area contributed by atoms with Crippen molar-refractivity contribution >= 4 is 11.0 Å². The van der Waals surface area contributed by atoms with E-state index in [1.165, 1.54) is 6.07 Å². The van der Waals surface area contributed by atoms with Crippen molar-refractivity contribution in [2.75, 3.05) is 0 Å². The first kappa shape index (κ1) is 12.1. The van der Waals surface area contributed by atoms with E-state index in [0.717, 1.165) is 34.3 Å². The fourth-order valence-corrected chi connectivity index (χ4v) is 2.22. The van der Waals surface area contributed by atoms with Gasteiger partial charge in [0.25, 0.3) is 0 Å². The number of halogens is 1. The molecule has 0 fully saturated rings. The summed E-state index contributed by atoms with van der Waals surface area (Å²) in [4.78, 5) is 0. The van der Waals surface area contributed by atoms with Gasteiger partial charge in [0.05, 0.1) is 6.54 Å². The van der Waals surface area contributed by atoms with Crippen LogP contribution >= 0.6 is 0 Å². The monoisotopic (exact) mass is 235 g/mol. The lowest BCUT2D eigenvalue weighted by Gasteiger charge is -2.04. The first-order chi connectivity index (χ1) is 8.02. The maximum Gasteiger partial charge on any atom is 0.137 e. The number of hydrogen-bond acceptors (Lipinski definition) is 2. The third-order valence-corrected chi connectivity index (χ3v) is 2.92. The van der Waals surface area contributed by atoms with Crippen molar-refractivity contribution in [2.24, 2.45) is 11.7 Å². The van der Waals surface area contributed by atoms with Gasteiger partial charge in [-0.1, -0.05) is 13.8 Å². The number of rotatable bonds is 3. The van der Waals surface area contributed by atoms with Crippen molar-refractivity contribution < 1.29 is 8.81 Å². The van der Waals surface area contributed by atoms with Crippen LogP contribution in [0.15, 0.2) is 16.5 Å². The Balaban J connectivity index is 2.69. The summed E-state index contributed by atoms with van der Waals surface area (Å²) in [6.07, 6.45) is 0.864. The number of furan rings is 1. The van der Waals surface area contributed by atoms with Crippen LogP contribution in [0.1, 0.15) is 30.7 Å². The molecule has 3 heteroatoms. The van der Waals surface area contributed by atoms with E-state index < -0.39 is 0 Å². The first-order valence-corrected chi connectivity index (χ1v) is 5.93. The SMILES string of the molecule is Cc1cc(F)cc2c(CC(C)C)c(CN)oc12. The summed E-state index contributed by atoms with van der Waals surface area (Å²) in [5, 5.41) is 0.872. The van der Waals surface area contributed by atoms with Crippen LogP contribution in [-0.4, -0.2) is 0 Å². The fraction of sp³-hybridized carbons (Fsp3) is 0.429. The van der Waals surface area contributed by atoms with Crippen LogP contribution in [0.2, 0.25) is 0 Å². The Morgan fingerprint density at radius 1 is 1.35 bits per heavy atom. The van der Waals surface area contributed by atoms with Gasteiger partial charge in [0, 0.05) is 10.9 Å². The minimum Gasteiger partial charge on any atom is -0.459 e. The van der Waals surface area contributed by atoms with Crippen LogP contribution < -0.4 is 5.73 Å². The lowest BCUT2D eigenvalue weighted by Crippen LogP contribution is -2.01.